The van der Waals surface area contributed by atoms with E-state index in [9.17, 15) is 4.79 Å². The second kappa shape index (κ2) is 8.28. The van der Waals surface area contributed by atoms with Crippen LogP contribution >= 0.6 is 11.8 Å². The number of aromatic nitrogens is 2. The van der Waals surface area contributed by atoms with Crippen molar-refractivity contribution in [1.29, 1.82) is 0 Å². The molecule has 0 spiro atoms. The lowest BCUT2D eigenvalue weighted by Crippen LogP contribution is -2.11. The summed E-state index contributed by atoms with van der Waals surface area (Å²) in [5.41, 5.74) is 3.19. The van der Waals surface area contributed by atoms with E-state index < -0.39 is 0 Å². The number of para-hydroxylation sites is 1. The van der Waals surface area contributed by atoms with E-state index in [0.717, 1.165) is 27.9 Å². The van der Waals surface area contributed by atoms with E-state index in [1.54, 1.807) is 11.8 Å². The second-order valence-corrected chi connectivity index (χ2v) is 7.51. The summed E-state index contributed by atoms with van der Waals surface area (Å²) in [7, 11) is 0. The molecule has 0 bridgehead atoms. The maximum absolute atomic E-state index is 13.5. The van der Waals surface area contributed by atoms with E-state index in [4.69, 9.17) is 4.98 Å². The first-order valence-electron chi connectivity index (χ1n) is 9.25. The zero-order valence-electron chi connectivity index (χ0n) is 15.6. The molecule has 0 saturated heterocycles. The normalized spacial score (nSPS) is 10.8. The van der Waals surface area contributed by atoms with Crippen molar-refractivity contribution in [3.05, 3.63) is 102 Å². The van der Waals surface area contributed by atoms with Crippen molar-refractivity contribution in [1.82, 2.24) is 9.55 Å². The summed E-state index contributed by atoms with van der Waals surface area (Å²) in [5.74, 6) is 1.60. The third-order valence-electron chi connectivity index (χ3n) is 4.42. The molecule has 0 fully saturated rings. The molecule has 4 rings (SSSR count). The largest absolute Gasteiger partial charge is 0.288 e. The topological polar surface area (TPSA) is 34.9 Å². The molecule has 28 heavy (non-hydrogen) atoms. The number of nitrogens with zero attached hydrogens (tertiary/aromatic N) is 2. The third-order valence-corrected chi connectivity index (χ3v) is 5.27. The predicted octanol–water partition coefficient (Wildman–Crippen LogP) is 5.88. The SMILES string of the molecule is CCSc1nc(-c2ccccc2)n(-c2ccccc2)c1C(=O)c1ccccc1. The summed E-state index contributed by atoms with van der Waals surface area (Å²) in [6.07, 6.45) is 0. The lowest BCUT2D eigenvalue weighted by atomic mass is 10.1. The number of carbonyl (C=O) groups is 1. The second-order valence-electron chi connectivity index (χ2n) is 6.25. The first-order chi connectivity index (χ1) is 13.8. The molecule has 0 saturated carbocycles. The fourth-order valence-electron chi connectivity index (χ4n) is 3.17. The van der Waals surface area contributed by atoms with E-state index >= 15 is 0 Å². The standard InChI is InChI=1S/C24H20N2OS/c1-2-28-24-21(22(27)18-12-6-3-7-13-18)26(20-16-10-5-11-17-20)23(25-24)19-14-8-4-9-15-19/h3-17H,2H2,1H3. The molecule has 4 aromatic rings. The van der Waals surface area contributed by atoms with Crippen LogP contribution in [-0.4, -0.2) is 21.1 Å². The Balaban J connectivity index is 2.00. The van der Waals surface area contributed by atoms with Gasteiger partial charge in [0.15, 0.2) is 0 Å². The summed E-state index contributed by atoms with van der Waals surface area (Å²) in [5, 5.41) is 0.763. The van der Waals surface area contributed by atoms with E-state index in [-0.39, 0.29) is 5.78 Å². The van der Waals surface area contributed by atoms with E-state index in [1.165, 1.54) is 0 Å². The highest BCUT2D eigenvalue weighted by Gasteiger charge is 2.25. The molecule has 0 unspecified atom stereocenters. The monoisotopic (exact) mass is 384 g/mol. The highest BCUT2D eigenvalue weighted by molar-refractivity contribution is 7.99. The van der Waals surface area contributed by atoms with Crippen molar-refractivity contribution < 1.29 is 4.79 Å². The quantitative estimate of drug-likeness (QED) is 0.307. The van der Waals surface area contributed by atoms with Gasteiger partial charge in [-0.2, -0.15) is 0 Å². The van der Waals surface area contributed by atoms with E-state index in [1.807, 2.05) is 95.6 Å². The first kappa shape index (κ1) is 18.3. The van der Waals surface area contributed by atoms with Gasteiger partial charge in [0, 0.05) is 16.8 Å². The van der Waals surface area contributed by atoms with Crippen LogP contribution in [0.5, 0.6) is 0 Å². The Morgan fingerprint density at radius 2 is 1.43 bits per heavy atom. The van der Waals surface area contributed by atoms with Gasteiger partial charge in [-0.25, -0.2) is 4.98 Å². The summed E-state index contributed by atoms with van der Waals surface area (Å²) >= 11 is 1.60. The van der Waals surface area contributed by atoms with Crippen LogP contribution in [0, 0.1) is 0 Å². The number of rotatable bonds is 6. The minimum Gasteiger partial charge on any atom is -0.288 e. The van der Waals surface area contributed by atoms with Crippen molar-refractivity contribution >= 4 is 17.5 Å². The summed E-state index contributed by atoms with van der Waals surface area (Å²) in [4.78, 5) is 18.4. The van der Waals surface area contributed by atoms with E-state index in [2.05, 4.69) is 6.92 Å². The highest BCUT2D eigenvalue weighted by Crippen LogP contribution is 2.33. The number of ketones is 1. The Hall–Kier alpha value is -3.11. The number of thioether (sulfide) groups is 1. The summed E-state index contributed by atoms with van der Waals surface area (Å²) < 4.78 is 1.99. The van der Waals surface area contributed by atoms with Crippen molar-refractivity contribution in [3.8, 4) is 17.1 Å². The smallest absolute Gasteiger partial charge is 0.212 e. The number of hydrogen-bond donors (Lipinski definition) is 0. The molecular weight excluding hydrogens is 364 g/mol. The molecule has 0 aliphatic carbocycles. The molecule has 1 aromatic heterocycles. The summed E-state index contributed by atoms with van der Waals surface area (Å²) in [6.45, 7) is 2.07. The maximum Gasteiger partial charge on any atom is 0.212 e. The lowest BCUT2D eigenvalue weighted by molar-refractivity contribution is 0.102. The fourth-order valence-corrected chi connectivity index (χ4v) is 3.92. The van der Waals surface area contributed by atoms with E-state index in [0.29, 0.717) is 11.3 Å². The van der Waals surface area contributed by atoms with Crippen molar-refractivity contribution in [2.24, 2.45) is 0 Å². The van der Waals surface area contributed by atoms with Crippen molar-refractivity contribution in [2.45, 2.75) is 11.9 Å². The van der Waals surface area contributed by atoms with Gasteiger partial charge in [0.25, 0.3) is 0 Å². The highest BCUT2D eigenvalue weighted by atomic mass is 32.2. The Morgan fingerprint density at radius 1 is 0.857 bits per heavy atom. The van der Waals surface area contributed by atoms with Crippen LogP contribution in [0.4, 0.5) is 0 Å². The Kier molecular flexibility index (Phi) is 5.40. The van der Waals surface area contributed by atoms with Crippen molar-refractivity contribution in [3.63, 3.8) is 0 Å². The summed E-state index contributed by atoms with van der Waals surface area (Å²) in [6, 6.07) is 29.4. The van der Waals surface area contributed by atoms with Gasteiger partial charge >= 0.3 is 0 Å². The maximum atomic E-state index is 13.5. The van der Waals surface area contributed by atoms with Crippen LogP contribution in [0.25, 0.3) is 17.1 Å². The van der Waals surface area contributed by atoms with Gasteiger partial charge in [-0.1, -0.05) is 85.8 Å². The molecule has 4 heteroatoms. The molecule has 3 aromatic carbocycles. The van der Waals surface area contributed by atoms with Crippen LogP contribution in [0.15, 0.2) is 96.0 Å². The lowest BCUT2D eigenvalue weighted by Gasteiger charge is -2.12. The molecule has 0 aliphatic rings. The molecule has 0 N–H and O–H groups in total. The van der Waals surface area contributed by atoms with Gasteiger partial charge < -0.3 is 0 Å². The van der Waals surface area contributed by atoms with Gasteiger partial charge in [-0.05, 0) is 17.9 Å². The minimum atomic E-state index is -0.0184. The molecule has 0 radical (unpaired) electrons. The van der Waals surface area contributed by atoms with Gasteiger partial charge in [-0.3, -0.25) is 9.36 Å². The van der Waals surface area contributed by atoms with Gasteiger partial charge in [-0.15, -0.1) is 11.8 Å². The number of hydrogen-bond acceptors (Lipinski definition) is 3. The zero-order chi connectivity index (χ0) is 19.3. The Morgan fingerprint density at radius 3 is 2.04 bits per heavy atom. The zero-order valence-corrected chi connectivity index (χ0v) is 16.4. The molecule has 0 atom stereocenters. The van der Waals surface area contributed by atoms with Crippen molar-refractivity contribution in [2.75, 3.05) is 5.75 Å². The van der Waals surface area contributed by atoms with Crippen LogP contribution in [-0.2, 0) is 0 Å². The van der Waals surface area contributed by atoms with Crippen LogP contribution in [0.3, 0.4) is 0 Å². The first-order valence-corrected chi connectivity index (χ1v) is 10.2. The Bertz CT molecular complexity index is 1070. The Labute approximate surface area is 169 Å². The van der Waals surface area contributed by atoms with Crippen LogP contribution in [0.1, 0.15) is 23.0 Å². The number of imidazole rings is 1. The minimum absolute atomic E-state index is 0.0184. The molecule has 138 valence electrons. The molecule has 0 aliphatic heterocycles. The third kappa shape index (κ3) is 3.51. The van der Waals surface area contributed by atoms with Gasteiger partial charge in [0.1, 0.15) is 16.5 Å². The molecule has 3 nitrogen and oxygen atoms in total. The molecular formula is C24H20N2OS. The van der Waals surface area contributed by atoms with Gasteiger partial charge in [0.05, 0.1) is 0 Å². The number of benzene rings is 3. The van der Waals surface area contributed by atoms with Crippen LogP contribution < -0.4 is 0 Å². The number of carbonyl (C=O) groups excluding carboxylic acids is 1. The predicted molar refractivity (Wildman–Crippen MR) is 115 cm³/mol. The molecule has 1 heterocycles. The van der Waals surface area contributed by atoms with Gasteiger partial charge in [0.2, 0.25) is 5.78 Å². The van der Waals surface area contributed by atoms with Crippen LogP contribution in [0.2, 0.25) is 0 Å². The fraction of sp³-hybridized carbons (Fsp3) is 0.0833. The average Bonchev–Trinajstić information content (AvgIpc) is 3.14. The molecule has 0 amide bonds. The average molecular weight is 385 g/mol.